The van der Waals surface area contributed by atoms with E-state index in [-0.39, 0.29) is 12.0 Å². The van der Waals surface area contributed by atoms with Gasteiger partial charge >= 0.3 is 0 Å². The molecule has 0 unspecified atom stereocenters. The van der Waals surface area contributed by atoms with E-state index in [1.165, 1.54) is 0 Å². The van der Waals surface area contributed by atoms with Gasteiger partial charge in [-0.05, 0) is 31.4 Å². The van der Waals surface area contributed by atoms with Gasteiger partial charge in [-0.2, -0.15) is 0 Å². The van der Waals surface area contributed by atoms with Crippen LogP contribution in [-0.4, -0.2) is 45.5 Å². The summed E-state index contributed by atoms with van der Waals surface area (Å²) in [4.78, 5) is 12.2. The van der Waals surface area contributed by atoms with Crippen molar-refractivity contribution < 1.29 is 19.0 Å². The molecule has 2 rings (SSSR count). The van der Waals surface area contributed by atoms with E-state index in [0.717, 1.165) is 25.9 Å². The van der Waals surface area contributed by atoms with Crippen LogP contribution in [0.4, 0.5) is 0 Å². The quantitative estimate of drug-likeness (QED) is 0.745. The Hall–Kier alpha value is -1.59. The number of benzene rings is 1. The molecular formula is C16H23NO4. The number of nitrogens with one attached hydrogen (secondary N) is 1. The Labute approximate surface area is 125 Å². The second-order valence-corrected chi connectivity index (χ2v) is 5.04. The Bertz CT molecular complexity index is 444. The topological polar surface area (TPSA) is 56.8 Å². The molecule has 0 radical (unpaired) electrons. The molecule has 0 bridgehead atoms. The highest BCUT2D eigenvalue weighted by Crippen LogP contribution is 2.20. The molecule has 5 nitrogen and oxygen atoms in total. The molecule has 1 N–H and O–H groups in total. The lowest BCUT2D eigenvalue weighted by Crippen LogP contribution is -2.26. The van der Waals surface area contributed by atoms with Crippen molar-refractivity contribution in [1.82, 2.24) is 5.32 Å². The minimum atomic E-state index is -0.117. The monoisotopic (exact) mass is 293 g/mol. The smallest absolute Gasteiger partial charge is 0.255 e. The minimum absolute atomic E-state index is 0.117. The summed E-state index contributed by atoms with van der Waals surface area (Å²) in [6, 6.07) is 7.30. The first kappa shape index (κ1) is 15.8. The number of rotatable bonds is 8. The van der Waals surface area contributed by atoms with Gasteiger partial charge in [-0.1, -0.05) is 12.1 Å². The highest BCUT2D eigenvalue weighted by Gasteiger charge is 2.18. The van der Waals surface area contributed by atoms with Gasteiger partial charge in [-0.15, -0.1) is 0 Å². The fraction of sp³-hybridized carbons (Fsp3) is 0.562. The van der Waals surface area contributed by atoms with E-state index >= 15 is 0 Å². The molecule has 1 aliphatic rings. The Balaban J connectivity index is 1.87. The lowest BCUT2D eigenvalue weighted by atomic mass is 10.2. The molecule has 0 aromatic heterocycles. The highest BCUT2D eigenvalue weighted by atomic mass is 16.5. The van der Waals surface area contributed by atoms with Crippen LogP contribution in [0.2, 0.25) is 0 Å². The van der Waals surface area contributed by atoms with Crippen molar-refractivity contribution in [1.29, 1.82) is 0 Å². The molecule has 1 aromatic carbocycles. The number of para-hydroxylation sites is 1. The molecule has 1 atom stereocenters. The molecule has 1 aliphatic heterocycles. The largest absolute Gasteiger partial charge is 0.490 e. The summed E-state index contributed by atoms with van der Waals surface area (Å²) in [6.45, 7) is 2.52. The van der Waals surface area contributed by atoms with Gasteiger partial charge in [0.2, 0.25) is 0 Å². The van der Waals surface area contributed by atoms with E-state index in [1.54, 1.807) is 13.2 Å². The molecule has 1 aromatic rings. The Morgan fingerprint density at radius 1 is 1.43 bits per heavy atom. The third-order valence-corrected chi connectivity index (χ3v) is 3.39. The summed E-state index contributed by atoms with van der Waals surface area (Å²) in [7, 11) is 1.65. The average molecular weight is 293 g/mol. The maximum atomic E-state index is 12.2. The number of ether oxygens (including phenoxy) is 3. The average Bonchev–Trinajstić information content (AvgIpc) is 3.03. The van der Waals surface area contributed by atoms with Crippen molar-refractivity contribution >= 4 is 5.91 Å². The van der Waals surface area contributed by atoms with Crippen LogP contribution in [0, 0.1) is 0 Å². The molecule has 1 amide bonds. The summed E-state index contributed by atoms with van der Waals surface area (Å²) < 4.78 is 16.2. The molecular weight excluding hydrogens is 270 g/mol. The first-order valence-corrected chi connectivity index (χ1v) is 7.42. The van der Waals surface area contributed by atoms with Crippen molar-refractivity contribution in [3.05, 3.63) is 29.8 Å². The summed E-state index contributed by atoms with van der Waals surface area (Å²) in [6.07, 6.45) is 3.03. The predicted octanol–water partition coefficient (Wildman–Crippen LogP) is 2.01. The van der Waals surface area contributed by atoms with Gasteiger partial charge < -0.3 is 19.5 Å². The van der Waals surface area contributed by atoms with Crippen LogP contribution in [0.3, 0.4) is 0 Å². The van der Waals surface area contributed by atoms with Crippen molar-refractivity contribution in [2.24, 2.45) is 0 Å². The second-order valence-electron chi connectivity index (χ2n) is 5.04. The maximum Gasteiger partial charge on any atom is 0.255 e. The number of hydrogen-bond acceptors (Lipinski definition) is 4. The van der Waals surface area contributed by atoms with Gasteiger partial charge in [0.1, 0.15) is 12.4 Å². The number of carbonyl (C=O) groups excluding carboxylic acids is 1. The number of hydrogen-bond donors (Lipinski definition) is 1. The van der Waals surface area contributed by atoms with E-state index in [4.69, 9.17) is 14.2 Å². The summed E-state index contributed by atoms with van der Waals surface area (Å²) in [5.74, 6) is 0.492. The van der Waals surface area contributed by atoms with Gasteiger partial charge in [0.05, 0.1) is 11.7 Å². The molecule has 1 saturated heterocycles. The number of amides is 1. The standard InChI is InChI=1S/C16H23NO4/c1-19-10-5-9-17-16(18)14-7-2-3-8-15(14)21-12-13-6-4-11-20-13/h2-3,7-8,13H,4-6,9-12H2,1H3,(H,17,18)/t13-/m0/s1. The van der Waals surface area contributed by atoms with Crippen molar-refractivity contribution in [2.75, 3.05) is 33.5 Å². The molecule has 1 fully saturated rings. The van der Waals surface area contributed by atoms with Crippen molar-refractivity contribution in [3.63, 3.8) is 0 Å². The van der Waals surface area contributed by atoms with Gasteiger partial charge in [0.25, 0.3) is 5.91 Å². The summed E-state index contributed by atoms with van der Waals surface area (Å²) in [5.41, 5.74) is 0.563. The molecule has 21 heavy (non-hydrogen) atoms. The van der Waals surface area contributed by atoms with Gasteiger partial charge in [-0.3, -0.25) is 4.79 Å². The zero-order valence-electron chi connectivity index (χ0n) is 12.5. The van der Waals surface area contributed by atoms with Gasteiger partial charge in [0.15, 0.2) is 0 Å². The second kappa shape index (κ2) is 8.64. The Morgan fingerprint density at radius 2 is 2.29 bits per heavy atom. The third-order valence-electron chi connectivity index (χ3n) is 3.39. The molecule has 0 aliphatic carbocycles. The van der Waals surface area contributed by atoms with Crippen LogP contribution < -0.4 is 10.1 Å². The van der Waals surface area contributed by atoms with Crippen LogP contribution in [0.1, 0.15) is 29.6 Å². The first-order chi connectivity index (χ1) is 10.3. The summed E-state index contributed by atoms with van der Waals surface area (Å²) >= 11 is 0. The summed E-state index contributed by atoms with van der Waals surface area (Å²) in [5, 5.41) is 2.87. The van der Waals surface area contributed by atoms with Crippen LogP contribution in [0.25, 0.3) is 0 Å². The van der Waals surface area contributed by atoms with E-state index < -0.39 is 0 Å². The van der Waals surface area contributed by atoms with Gasteiger partial charge in [-0.25, -0.2) is 0 Å². The zero-order chi connectivity index (χ0) is 14.9. The lowest BCUT2D eigenvalue weighted by Gasteiger charge is -2.14. The lowest BCUT2D eigenvalue weighted by molar-refractivity contribution is 0.0670. The molecule has 5 heteroatoms. The first-order valence-electron chi connectivity index (χ1n) is 7.42. The van der Waals surface area contributed by atoms with Crippen LogP contribution in [0.15, 0.2) is 24.3 Å². The van der Waals surface area contributed by atoms with Crippen molar-refractivity contribution in [2.45, 2.75) is 25.4 Å². The Morgan fingerprint density at radius 3 is 3.05 bits per heavy atom. The number of methoxy groups -OCH3 is 1. The maximum absolute atomic E-state index is 12.2. The van der Waals surface area contributed by atoms with Crippen molar-refractivity contribution in [3.8, 4) is 5.75 Å². The predicted molar refractivity (Wildman–Crippen MR) is 79.7 cm³/mol. The Kier molecular flexibility index (Phi) is 6.50. The van der Waals surface area contributed by atoms with E-state index in [2.05, 4.69) is 5.32 Å². The van der Waals surface area contributed by atoms with E-state index in [9.17, 15) is 4.79 Å². The molecule has 1 heterocycles. The molecule has 0 saturated carbocycles. The minimum Gasteiger partial charge on any atom is -0.490 e. The molecule has 116 valence electrons. The molecule has 0 spiro atoms. The fourth-order valence-electron chi connectivity index (χ4n) is 2.25. The normalized spacial score (nSPS) is 17.7. The zero-order valence-corrected chi connectivity index (χ0v) is 12.5. The highest BCUT2D eigenvalue weighted by molar-refractivity contribution is 5.96. The van der Waals surface area contributed by atoms with E-state index in [0.29, 0.717) is 31.1 Å². The SMILES string of the molecule is COCCCNC(=O)c1ccccc1OC[C@@H]1CCCO1. The van der Waals surface area contributed by atoms with Crippen LogP contribution in [-0.2, 0) is 9.47 Å². The van der Waals surface area contributed by atoms with E-state index in [1.807, 2.05) is 18.2 Å². The van der Waals surface area contributed by atoms with Gasteiger partial charge in [0, 0.05) is 26.9 Å². The van der Waals surface area contributed by atoms with Crippen LogP contribution >= 0.6 is 0 Å². The number of carbonyl (C=O) groups is 1. The van der Waals surface area contributed by atoms with Crippen LogP contribution in [0.5, 0.6) is 5.75 Å². The third kappa shape index (κ3) is 5.02. The fourth-order valence-corrected chi connectivity index (χ4v) is 2.25.